The molecule has 1 fully saturated rings. The number of ether oxygens (including phenoxy) is 1. The molecular formula is C20H26N6O3. The molecule has 2 heterocycles. The number of hydrogen-bond acceptors (Lipinski definition) is 8. The zero-order valence-electron chi connectivity index (χ0n) is 17.0. The van der Waals surface area contributed by atoms with Gasteiger partial charge in [0, 0.05) is 45.1 Å². The lowest BCUT2D eigenvalue weighted by Gasteiger charge is -2.31. The number of pyridine rings is 1. The molecule has 3 rings (SSSR count). The van der Waals surface area contributed by atoms with Crippen LogP contribution in [0.2, 0.25) is 0 Å². The fraction of sp³-hybridized carbons (Fsp3) is 0.550. The Balaban J connectivity index is 1.50. The molecule has 0 spiro atoms. The Morgan fingerprint density at radius 3 is 2.79 bits per heavy atom. The van der Waals surface area contributed by atoms with E-state index in [-0.39, 0.29) is 17.9 Å². The highest BCUT2D eigenvalue weighted by Crippen LogP contribution is 2.30. The van der Waals surface area contributed by atoms with E-state index < -0.39 is 0 Å². The fourth-order valence-corrected chi connectivity index (χ4v) is 3.66. The summed E-state index contributed by atoms with van der Waals surface area (Å²) < 4.78 is 10.1. The maximum absolute atomic E-state index is 12.7. The van der Waals surface area contributed by atoms with Gasteiger partial charge in [-0.25, -0.2) is 4.98 Å². The molecule has 9 heteroatoms. The number of nitrogens with zero attached hydrogens (tertiary/aromatic N) is 5. The van der Waals surface area contributed by atoms with Crippen molar-refractivity contribution in [3.05, 3.63) is 29.5 Å². The van der Waals surface area contributed by atoms with Crippen LogP contribution in [0.3, 0.4) is 0 Å². The van der Waals surface area contributed by atoms with E-state index >= 15 is 0 Å². The van der Waals surface area contributed by atoms with Crippen molar-refractivity contribution >= 4 is 11.6 Å². The lowest BCUT2D eigenvalue weighted by Crippen LogP contribution is -2.38. The van der Waals surface area contributed by atoms with Crippen LogP contribution in [0, 0.1) is 24.2 Å². The number of anilines is 1. The topological polar surface area (TPSA) is 117 Å². The summed E-state index contributed by atoms with van der Waals surface area (Å²) in [6.45, 7) is 2.32. The Hall–Kier alpha value is -3.15. The molecule has 9 nitrogen and oxygen atoms in total. The molecule has 2 aromatic heterocycles. The average Bonchev–Trinajstić information content (AvgIpc) is 3.17. The minimum absolute atomic E-state index is 0.0208. The predicted octanol–water partition coefficient (Wildman–Crippen LogP) is 2.33. The lowest BCUT2D eigenvalue weighted by atomic mass is 9.85. The third kappa shape index (κ3) is 5.02. The number of aryl methyl sites for hydroxylation is 1. The van der Waals surface area contributed by atoms with Gasteiger partial charge < -0.3 is 19.5 Å². The third-order valence-electron chi connectivity index (χ3n) is 5.27. The molecule has 1 aliphatic rings. The number of nitrogens with one attached hydrogen (secondary N) is 1. The van der Waals surface area contributed by atoms with Gasteiger partial charge in [0.25, 0.3) is 0 Å². The SMILES string of the molecule is COc1nccc(NC2CCC(C(=O)N(C)CCc3noc(C)n3)CC2)c1C#N. The molecule has 0 aliphatic heterocycles. The van der Waals surface area contributed by atoms with Crippen LogP contribution in [0.4, 0.5) is 5.69 Å². The van der Waals surface area contributed by atoms with E-state index in [9.17, 15) is 10.1 Å². The van der Waals surface area contributed by atoms with Gasteiger partial charge in [-0.3, -0.25) is 4.79 Å². The van der Waals surface area contributed by atoms with E-state index in [2.05, 4.69) is 26.5 Å². The molecule has 1 saturated carbocycles. The zero-order valence-corrected chi connectivity index (χ0v) is 17.0. The maximum atomic E-state index is 12.7. The summed E-state index contributed by atoms with van der Waals surface area (Å²) in [7, 11) is 3.32. The summed E-state index contributed by atoms with van der Waals surface area (Å²) >= 11 is 0. The predicted molar refractivity (Wildman–Crippen MR) is 105 cm³/mol. The second kappa shape index (κ2) is 9.37. The van der Waals surface area contributed by atoms with Crippen LogP contribution in [0.25, 0.3) is 0 Å². The molecule has 2 aromatic rings. The van der Waals surface area contributed by atoms with Gasteiger partial charge >= 0.3 is 0 Å². The van der Waals surface area contributed by atoms with Gasteiger partial charge in [0.1, 0.15) is 11.6 Å². The van der Waals surface area contributed by atoms with Crippen molar-refractivity contribution in [2.24, 2.45) is 5.92 Å². The summed E-state index contributed by atoms with van der Waals surface area (Å²) in [6.07, 6.45) is 5.56. The van der Waals surface area contributed by atoms with E-state index in [0.717, 1.165) is 31.4 Å². The molecule has 154 valence electrons. The van der Waals surface area contributed by atoms with Crippen molar-refractivity contribution in [1.82, 2.24) is 20.0 Å². The fourth-order valence-electron chi connectivity index (χ4n) is 3.66. The first-order valence-corrected chi connectivity index (χ1v) is 9.75. The van der Waals surface area contributed by atoms with Crippen molar-refractivity contribution in [1.29, 1.82) is 5.26 Å². The highest BCUT2D eigenvalue weighted by molar-refractivity contribution is 5.78. The minimum atomic E-state index is 0.0208. The van der Waals surface area contributed by atoms with Gasteiger partial charge in [-0.15, -0.1) is 0 Å². The largest absolute Gasteiger partial charge is 0.480 e. The quantitative estimate of drug-likeness (QED) is 0.755. The van der Waals surface area contributed by atoms with Crippen LogP contribution < -0.4 is 10.1 Å². The summed E-state index contributed by atoms with van der Waals surface area (Å²) in [5.74, 6) is 1.65. The monoisotopic (exact) mass is 398 g/mol. The number of hydrogen-bond donors (Lipinski definition) is 1. The van der Waals surface area contributed by atoms with Crippen molar-refractivity contribution in [2.75, 3.05) is 26.0 Å². The van der Waals surface area contributed by atoms with E-state index in [1.165, 1.54) is 7.11 Å². The molecule has 0 aromatic carbocycles. The van der Waals surface area contributed by atoms with E-state index in [1.54, 1.807) is 24.1 Å². The van der Waals surface area contributed by atoms with Crippen LogP contribution in [-0.2, 0) is 11.2 Å². The van der Waals surface area contributed by atoms with Crippen LogP contribution in [-0.4, -0.2) is 52.7 Å². The first-order valence-electron chi connectivity index (χ1n) is 9.75. The number of amides is 1. The summed E-state index contributed by atoms with van der Waals surface area (Å²) in [5, 5.41) is 16.7. The zero-order chi connectivity index (χ0) is 20.8. The second-order valence-corrected chi connectivity index (χ2v) is 7.29. The molecule has 1 aliphatic carbocycles. The number of rotatable bonds is 7. The first-order chi connectivity index (χ1) is 14.0. The van der Waals surface area contributed by atoms with Crippen LogP contribution in [0.5, 0.6) is 5.88 Å². The third-order valence-corrected chi connectivity index (χ3v) is 5.27. The highest BCUT2D eigenvalue weighted by atomic mass is 16.5. The number of methoxy groups -OCH3 is 1. The van der Waals surface area contributed by atoms with Gasteiger partial charge in [-0.2, -0.15) is 10.2 Å². The minimum Gasteiger partial charge on any atom is -0.480 e. The first kappa shape index (κ1) is 20.6. The molecule has 0 saturated heterocycles. The number of likely N-dealkylation sites (N-methyl/N-ethyl adjacent to an activating group) is 1. The van der Waals surface area contributed by atoms with Crippen molar-refractivity contribution < 1.29 is 14.1 Å². The average molecular weight is 398 g/mol. The second-order valence-electron chi connectivity index (χ2n) is 7.29. The van der Waals surface area contributed by atoms with Crippen molar-refractivity contribution in [2.45, 2.75) is 45.1 Å². The summed E-state index contributed by atoms with van der Waals surface area (Å²) in [4.78, 5) is 22.7. The van der Waals surface area contributed by atoms with E-state index in [4.69, 9.17) is 9.26 Å². The Morgan fingerprint density at radius 1 is 1.41 bits per heavy atom. The summed E-state index contributed by atoms with van der Waals surface area (Å²) in [6, 6.07) is 4.15. The maximum Gasteiger partial charge on any atom is 0.233 e. The number of carbonyl (C=O) groups excluding carboxylic acids is 1. The van der Waals surface area contributed by atoms with E-state index in [1.807, 2.05) is 7.05 Å². The number of aromatic nitrogens is 3. The van der Waals surface area contributed by atoms with Crippen LogP contribution >= 0.6 is 0 Å². The van der Waals surface area contributed by atoms with Gasteiger partial charge in [0.15, 0.2) is 5.82 Å². The van der Waals surface area contributed by atoms with Gasteiger partial charge in [-0.1, -0.05) is 5.16 Å². The Bertz CT molecular complexity index is 883. The molecular weight excluding hydrogens is 372 g/mol. The summed E-state index contributed by atoms with van der Waals surface area (Å²) in [5.41, 5.74) is 1.13. The molecule has 1 N–H and O–H groups in total. The standard InChI is InChI=1S/C20H26N6O3/c1-13-23-18(25-29-13)9-11-26(2)20(27)14-4-6-15(7-5-14)24-17-8-10-22-19(28-3)16(17)12-21/h8,10,14-15H,4-7,9,11H2,1-3H3,(H,22,24). The molecule has 0 atom stereocenters. The van der Waals surface area contributed by atoms with Gasteiger partial charge in [0.2, 0.25) is 17.7 Å². The Labute approximate surface area is 170 Å². The molecule has 29 heavy (non-hydrogen) atoms. The van der Waals surface area contributed by atoms with Crippen LogP contribution in [0.15, 0.2) is 16.8 Å². The number of carbonyl (C=O) groups is 1. The Kier molecular flexibility index (Phi) is 6.65. The van der Waals surface area contributed by atoms with Crippen LogP contribution in [0.1, 0.15) is 43.0 Å². The van der Waals surface area contributed by atoms with Gasteiger partial charge in [-0.05, 0) is 31.7 Å². The normalized spacial score (nSPS) is 18.7. The lowest BCUT2D eigenvalue weighted by molar-refractivity contribution is -0.135. The van der Waals surface area contributed by atoms with E-state index in [0.29, 0.717) is 36.1 Å². The molecule has 1 amide bonds. The molecule has 0 radical (unpaired) electrons. The molecule has 0 bridgehead atoms. The highest BCUT2D eigenvalue weighted by Gasteiger charge is 2.28. The Morgan fingerprint density at radius 2 is 2.17 bits per heavy atom. The van der Waals surface area contributed by atoms with Gasteiger partial charge in [0.05, 0.1) is 12.8 Å². The smallest absolute Gasteiger partial charge is 0.233 e. The molecule has 0 unspecified atom stereocenters. The number of nitriles is 1. The van der Waals surface area contributed by atoms with Crippen molar-refractivity contribution in [3.8, 4) is 11.9 Å². The van der Waals surface area contributed by atoms with Crippen molar-refractivity contribution in [3.63, 3.8) is 0 Å².